The smallest absolute Gasteiger partial charge is 0.304 e. The van der Waals surface area contributed by atoms with E-state index in [0.717, 1.165) is 25.7 Å². The average molecular weight is 296 g/mol. The SMILES string of the molecule is CC1CCC(CO)(NCc2ccc([N+](=O)[O-])c(F)c2)CC1. The van der Waals surface area contributed by atoms with E-state index in [-0.39, 0.29) is 12.1 Å². The maximum absolute atomic E-state index is 13.6. The number of halogens is 1. The van der Waals surface area contributed by atoms with Gasteiger partial charge in [-0.2, -0.15) is 4.39 Å². The Labute approximate surface area is 123 Å². The number of nitrogens with zero attached hydrogens (tertiary/aromatic N) is 1. The lowest BCUT2D eigenvalue weighted by Crippen LogP contribution is -2.50. The molecule has 1 fully saturated rings. The van der Waals surface area contributed by atoms with Crippen LogP contribution in [0.15, 0.2) is 18.2 Å². The molecule has 116 valence electrons. The van der Waals surface area contributed by atoms with Crippen LogP contribution in [0.25, 0.3) is 0 Å². The normalized spacial score (nSPS) is 25.8. The van der Waals surface area contributed by atoms with Crippen molar-refractivity contribution in [3.8, 4) is 0 Å². The van der Waals surface area contributed by atoms with Gasteiger partial charge in [0.2, 0.25) is 5.82 Å². The monoisotopic (exact) mass is 296 g/mol. The predicted octanol–water partition coefficient (Wildman–Crippen LogP) is 2.76. The van der Waals surface area contributed by atoms with Crippen molar-refractivity contribution in [3.63, 3.8) is 0 Å². The molecule has 1 aliphatic carbocycles. The topological polar surface area (TPSA) is 75.4 Å². The van der Waals surface area contributed by atoms with Gasteiger partial charge in [-0.25, -0.2) is 0 Å². The highest BCUT2D eigenvalue weighted by Gasteiger charge is 2.33. The number of nitro benzene ring substituents is 1. The maximum atomic E-state index is 13.6. The zero-order valence-electron chi connectivity index (χ0n) is 12.1. The molecule has 2 rings (SSSR count). The summed E-state index contributed by atoms with van der Waals surface area (Å²) in [6.45, 7) is 2.64. The van der Waals surface area contributed by atoms with Gasteiger partial charge in [-0.05, 0) is 43.2 Å². The zero-order valence-corrected chi connectivity index (χ0v) is 12.1. The van der Waals surface area contributed by atoms with Crippen molar-refractivity contribution in [1.82, 2.24) is 5.32 Å². The molecule has 0 aromatic heterocycles. The van der Waals surface area contributed by atoms with Crippen LogP contribution in [0.1, 0.15) is 38.2 Å². The van der Waals surface area contributed by atoms with Gasteiger partial charge < -0.3 is 10.4 Å². The van der Waals surface area contributed by atoms with Crippen molar-refractivity contribution in [3.05, 3.63) is 39.7 Å². The van der Waals surface area contributed by atoms with E-state index in [2.05, 4.69) is 12.2 Å². The first kappa shape index (κ1) is 15.9. The molecule has 1 saturated carbocycles. The van der Waals surface area contributed by atoms with E-state index < -0.39 is 16.4 Å². The van der Waals surface area contributed by atoms with E-state index in [1.165, 1.54) is 12.1 Å². The second-order valence-electron chi connectivity index (χ2n) is 6.02. The third-order valence-electron chi connectivity index (χ3n) is 4.41. The Morgan fingerprint density at radius 3 is 2.67 bits per heavy atom. The van der Waals surface area contributed by atoms with Crippen LogP contribution in [0.4, 0.5) is 10.1 Å². The minimum Gasteiger partial charge on any atom is -0.394 e. The third kappa shape index (κ3) is 3.77. The van der Waals surface area contributed by atoms with Gasteiger partial charge in [-0.1, -0.05) is 13.0 Å². The largest absolute Gasteiger partial charge is 0.394 e. The van der Waals surface area contributed by atoms with Crippen molar-refractivity contribution >= 4 is 5.69 Å². The van der Waals surface area contributed by atoms with Crippen molar-refractivity contribution in [2.75, 3.05) is 6.61 Å². The van der Waals surface area contributed by atoms with Crippen LogP contribution in [0, 0.1) is 21.8 Å². The predicted molar refractivity (Wildman–Crippen MR) is 77.3 cm³/mol. The Kier molecular flexibility index (Phi) is 4.90. The van der Waals surface area contributed by atoms with E-state index in [0.29, 0.717) is 18.0 Å². The van der Waals surface area contributed by atoms with Crippen molar-refractivity contribution in [2.24, 2.45) is 5.92 Å². The lowest BCUT2D eigenvalue weighted by molar-refractivity contribution is -0.387. The van der Waals surface area contributed by atoms with E-state index >= 15 is 0 Å². The standard InChI is InChI=1S/C15H21FN2O3/c1-11-4-6-15(10-19,7-5-11)17-9-12-2-3-14(18(20)21)13(16)8-12/h2-3,8,11,17,19H,4-7,9-10H2,1H3. The second kappa shape index (κ2) is 6.49. The van der Waals surface area contributed by atoms with E-state index in [4.69, 9.17) is 0 Å². The van der Waals surface area contributed by atoms with Crippen LogP contribution >= 0.6 is 0 Å². The number of benzene rings is 1. The summed E-state index contributed by atoms with van der Waals surface area (Å²) in [5.74, 6) is -0.155. The van der Waals surface area contributed by atoms with E-state index in [1.807, 2.05) is 0 Å². The summed E-state index contributed by atoms with van der Waals surface area (Å²) in [5.41, 5.74) is -0.184. The Balaban J connectivity index is 2.01. The minimum absolute atomic E-state index is 0.0508. The number of hydrogen-bond acceptors (Lipinski definition) is 4. The summed E-state index contributed by atoms with van der Waals surface area (Å²) >= 11 is 0. The number of aliphatic hydroxyl groups is 1. The van der Waals surface area contributed by atoms with Gasteiger partial charge >= 0.3 is 5.69 Å². The Bertz CT molecular complexity index is 514. The van der Waals surface area contributed by atoms with Gasteiger partial charge in [0, 0.05) is 18.2 Å². The lowest BCUT2D eigenvalue weighted by Gasteiger charge is -2.39. The number of rotatable bonds is 5. The van der Waals surface area contributed by atoms with Crippen LogP contribution in [-0.2, 0) is 6.54 Å². The first-order chi connectivity index (χ1) is 9.96. The molecule has 0 unspecified atom stereocenters. The molecular formula is C15H21FN2O3. The van der Waals surface area contributed by atoms with Crippen LogP contribution in [0.3, 0.4) is 0 Å². The molecule has 5 nitrogen and oxygen atoms in total. The summed E-state index contributed by atoms with van der Waals surface area (Å²) in [4.78, 5) is 9.85. The molecule has 0 spiro atoms. The summed E-state index contributed by atoms with van der Waals surface area (Å²) in [6, 6.07) is 3.91. The number of aliphatic hydroxyl groups excluding tert-OH is 1. The lowest BCUT2D eigenvalue weighted by atomic mass is 9.77. The molecule has 0 saturated heterocycles. The van der Waals surface area contributed by atoms with Gasteiger partial charge in [0.15, 0.2) is 0 Å². The molecule has 0 amide bonds. The van der Waals surface area contributed by atoms with Gasteiger partial charge in [0.25, 0.3) is 0 Å². The molecule has 1 aliphatic rings. The van der Waals surface area contributed by atoms with Gasteiger partial charge in [0.05, 0.1) is 11.5 Å². The van der Waals surface area contributed by atoms with Gasteiger partial charge in [-0.15, -0.1) is 0 Å². The number of nitro groups is 1. The number of nitrogens with one attached hydrogen (secondary N) is 1. The quantitative estimate of drug-likeness (QED) is 0.647. The summed E-state index contributed by atoms with van der Waals surface area (Å²) in [7, 11) is 0. The van der Waals surface area contributed by atoms with E-state index in [1.54, 1.807) is 6.07 Å². The van der Waals surface area contributed by atoms with Crippen molar-refractivity contribution in [2.45, 2.75) is 44.7 Å². The Morgan fingerprint density at radius 1 is 1.48 bits per heavy atom. The van der Waals surface area contributed by atoms with Crippen LogP contribution in [0.5, 0.6) is 0 Å². The molecule has 2 N–H and O–H groups in total. The highest BCUT2D eigenvalue weighted by Crippen LogP contribution is 2.32. The Hall–Kier alpha value is -1.53. The maximum Gasteiger partial charge on any atom is 0.304 e. The third-order valence-corrected chi connectivity index (χ3v) is 4.41. The Morgan fingerprint density at radius 2 is 2.14 bits per heavy atom. The van der Waals surface area contributed by atoms with Gasteiger partial charge in [0.1, 0.15) is 0 Å². The fourth-order valence-corrected chi connectivity index (χ4v) is 2.80. The fraction of sp³-hybridized carbons (Fsp3) is 0.600. The molecule has 21 heavy (non-hydrogen) atoms. The van der Waals surface area contributed by atoms with Gasteiger partial charge in [-0.3, -0.25) is 10.1 Å². The molecule has 1 aromatic carbocycles. The average Bonchev–Trinajstić information content (AvgIpc) is 2.47. The molecule has 0 heterocycles. The molecule has 0 radical (unpaired) electrons. The zero-order chi connectivity index (χ0) is 15.5. The minimum atomic E-state index is -0.824. The van der Waals surface area contributed by atoms with E-state index in [9.17, 15) is 19.6 Å². The molecular weight excluding hydrogens is 275 g/mol. The summed E-state index contributed by atoms with van der Waals surface area (Å²) in [6.07, 6.45) is 3.89. The fourth-order valence-electron chi connectivity index (χ4n) is 2.80. The molecule has 6 heteroatoms. The van der Waals surface area contributed by atoms with Crippen LogP contribution in [-0.4, -0.2) is 22.2 Å². The van der Waals surface area contributed by atoms with Crippen molar-refractivity contribution < 1.29 is 14.4 Å². The first-order valence-corrected chi connectivity index (χ1v) is 7.24. The van der Waals surface area contributed by atoms with Crippen molar-refractivity contribution in [1.29, 1.82) is 0 Å². The second-order valence-corrected chi connectivity index (χ2v) is 6.02. The summed E-state index contributed by atoms with van der Waals surface area (Å²) in [5, 5.41) is 23.5. The first-order valence-electron chi connectivity index (χ1n) is 7.24. The van der Waals surface area contributed by atoms with Crippen LogP contribution in [0.2, 0.25) is 0 Å². The molecule has 0 aliphatic heterocycles. The molecule has 1 aromatic rings. The summed E-state index contributed by atoms with van der Waals surface area (Å²) < 4.78 is 13.6. The molecule has 0 atom stereocenters. The van der Waals surface area contributed by atoms with Crippen LogP contribution < -0.4 is 5.32 Å². The highest BCUT2D eigenvalue weighted by atomic mass is 19.1. The molecule has 0 bridgehead atoms. The highest BCUT2D eigenvalue weighted by molar-refractivity contribution is 5.35. The number of hydrogen-bond donors (Lipinski definition) is 2.